The van der Waals surface area contributed by atoms with Gasteiger partial charge >= 0.3 is 0 Å². The summed E-state index contributed by atoms with van der Waals surface area (Å²) >= 11 is 4.44. The second-order valence-electron chi connectivity index (χ2n) is 2.81. The third-order valence-corrected chi connectivity index (χ3v) is 1.93. The van der Waals surface area contributed by atoms with E-state index in [0.717, 1.165) is 12.0 Å². The summed E-state index contributed by atoms with van der Waals surface area (Å²) < 4.78 is 12.8. The van der Waals surface area contributed by atoms with Crippen molar-refractivity contribution in [1.29, 1.82) is 0 Å². The largest absolute Gasteiger partial charge is 0.232 e. The number of benzene rings is 1. The third kappa shape index (κ3) is 3.05. The number of thiocarbonyl (C=S) groups is 1. The van der Waals surface area contributed by atoms with Gasteiger partial charge in [0.1, 0.15) is 5.82 Å². The molecule has 0 N–H and O–H groups in total. The smallest absolute Gasteiger partial charge is 0.126 e. The van der Waals surface area contributed by atoms with Crippen LogP contribution in [-0.4, -0.2) is 11.7 Å². The van der Waals surface area contributed by atoms with Gasteiger partial charge in [-0.2, -0.15) is 0 Å². The first-order chi connectivity index (χ1) is 6.24. The van der Waals surface area contributed by atoms with Crippen LogP contribution in [0.1, 0.15) is 11.1 Å². The van der Waals surface area contributed by atoms with Crippen LogP contribution in [-0.2, 0) is 6.42 Å². The van der Waals surface area contributed by atoms with Gasteiger partial charge in [0.2, 0.25) is 0 Å². The Hall–Kier alpha value is -1.05. The molecule has 0 heterocycles. The van der Waals surface area contributed by atoms with Gasteiger partial charge in [-0.25, -0.2) is 9.38 Å². The molecule has 0 aliphatic rings. The van der Waals surface area contributed by atoms with Crippen molar-refractivity contribution in [2.75, 3.05) is 6.54 Å². The topological polar surface area (TPSA) is 12.4 Å². The molecular formula is C10H10FNS. The van der Waals surface area contributed by atoms with Gasteiger partial charge in [0, 0.05) is 0 Å². The summed E-state index contributed by atoms with van der Waals surface area (Å²) in [6, 6.07) is 5.07. The molecule has 0 saturated carbocycles. The van der Waals surface area contributed by atoms with Gasteiger partial charge in [0.05, 0.1) is 11.7 Å². The molecule has 1 rings (SSSR count). The maximum absolute atomic E-state index is 12.8. The van der Waals surface area contributed by atoms with E-state index in [2.05, 4.69) is 22.4 Å². The van der Waals surface area contributed by atoms with Crippen LogP contribution in [0.3, 0.4) is 0 Å². The second-order valence-corrected chi connectivity index (χ2v) is 2.99. The average Bonchev–Trinajstić information content (AvgIpc) is 2.12. The molecule has 0 amide bonds. The fourth-order valence-corrected chi connectivity index (χ4v) is 1.18. The molecule has 13 heavy (non-hydrogen) atoms. The number of rotatable bonds is 3. The van der Waals surface area contributed by atoms with Crippen molar-refractivity contribution in [3.8, 4) is 0 Å². The van der Waals surface area contributed by atoms with Crippen molar-refractivity contribution in [2.24, 2.45) is 4.99 Å². The maximum atomic E-state index is 12.8. The Kier molecular flexibility index (Phi) is 3.74. The first-order valence-corrected chi connectivity index (χ1v) is 4.43. The molecule has 0 unspecified atom stereocenters. The third-order valence-electron chi connectivity index (χ3n) is 1.80. The number of nitrogens with zero attached hydrogens (tertiary/aromatic N) is 1. The van der Waals surface area contributed by atoms with Crippen molar-refractivity contribution in [2.45, 2.75) is 13.3 Å². The van der Waals surface area contributed by atoms with Gasteiger partial charge in [-0.1, -0.05) is 12.1 Å². The zero-order valence-corrected chi connectivity index (χ0v) is 8.20. The van der Waals surface area contributed by atoms with E-state index in [0.29, 0.717) is 12.1 Å². The van der Waals surface area contributed by atoms with Gasteiger partial charge in [-0.05, 0) is 42.8 Å². The molecular weight excluding hydrogens is 185 g/mol. The molecule has 0 spiro atoms. The lowest BCUT2D eigenvalue weighted by atomic mass is 10.1. The number of aliphatic imine (C=N–C) groups is 1. The van der Waals surface area contributed by atoms with Crippen LogP contribution in [0.15, 0.2) is 23.2 Å². The van der Waals surface area contributed by atoms with E-state index < -0.39 is 0 Å². The lowest BCUT2D eigenvalue weighted by molar-refractivity contribution is 0.617. The summed E-state index contributed by atoms with van der Waals surface area (Å²) in [5.41, 5.74) is 1.75. The van der Waals surface area contributed by atoms with Crippen molar-refractivity contribution < 1.29 is 4.39 Å². The van der Waals surface area contributed by atoms with Gasteiger partial charge < -0.3 is 0 Å². The van der Waals surface area contributed by atoms with E-state index in [-0.39, 0.29) is 5.82 Å². The summed E-state index contributed by atoms with van der Waals surface area (Å²) in [5, 5.41) is 2.30. The highest BCUT2D eigenvalue weighted by atomic mass is 32.1. The summed E-state index contributed by atoms with van der Waals surface area (Å²) in [4.78, 5) is 3.79. The summed E-state index contributed by atoms with van der Waals surface area (Å²) in [7, 11) is 0. The highest BCUT2D eigenvalue weighted by molar-refractivity contribution is 7.78. The maximum Gasteiger partial charge on any atom is 0.126 e. The van der Waals surface area contributed by atoms with Crippen LogP contribution >= 0.6 is 12.2 Å². The molecule has 0 fully saturated rings. The zero-order chi connectivity index (χ0) is 9.68. The second kappa shape index (κ2) is 4.85. The van der Waals surface area contributed by atoms with Crippen molar-refractivity contribution >= 4 is 17.4 Å². The first-order valence-electron chi connectivity index (χ1n) is 4.02. The molecule has 0 bridgehead atoms. The monoisotopic (exact) mass is 195 g/mol. The minimum absolute atomic E-state index is 0.165. The van der Waals surface area contributed by atoms with E-state index in [9.17, 15) is 4.39 Å². The Morgan fingerprint density at radius 2 is 2.31 bits per heavy atom. The molecule has 3 heteroatoms. The van der Waals surface area contributed by atoms with Crippen molar-refractivity contribution in [1.82, 2.24) is 0 Å². The molecule has 0 aliphatic carbocycles. The molecule has 0 saturated heterocycles. The Balaban J connectivity index is 2.68. The van der Waals surface area contributed by atoms with E-state index in [1.807, 2.05) is 6.07 Å². The molecule has 1 aromatic rings. The lowest BCUT2D eigenvalue weighted by Gasteiger charge is -2.00. The van der Waals surface area contributed by atoms with E-state index in [4.69, 9.17) is 0 Å². The molecule has 1 nitrogen and oxygen atoms in total. The Bertz CT molecular complexity index is 343. The summed E-state index contributed by atoms with van der Waals surface area (Å²) in [6.07, 6.45) is 0.782. The fourth-order valence-electron chi connectivity index (χ4n) is 1.09. The number of isothiocyanates is 1. The van der Waals surface area contributed by atoms with Crippen LogP contribution < -0.4 is 0 Å². The molecule has 0 aliphatic heterocycles. The lowest BCUT2D eigenvalue weighted by Crippen LogP contribution is -1.91. The normalized spacial score (nSPS) is 9.38. The van der Waals surface area contributed by atoms with Crippen molar-refractivity contribution in [3.05, 3.63) is 35.1 Å². The van der Waals surface area contributed by atoms with Crippen molar-refractivity contribution in [3.63, 3.8) is 0 Å². The van der Waals surface area contributed by atoms with Crippen LogP contribution in [0, 0.1) is 12.7 Å². The standard InChI is InChI=1S/C10H10FNS/c1-8-6-9(2-3-10(8)11)4-5-12-7-13/h2-3,6H,4-5H2,1H3. The minimum atomic E-state index is -0.165. The number of hydrogen-bond acceptors (Lipinski definition) is 2. The first kappa shape index (κ1) is 10.0. The molecule has 0 radical (unpaired) electrons. The van der Waals surface area contributed by atoms with Gasteiger partial charge in [-0.15, -0.1) is 0 Å². The van der Waals surface area contributed by atoms with E-state index in [1.165, 1.54) is 6.07 Å². The van der Waals surface area contributed by atoms with Crippen LogP contribution in [0.5, 0.6) is 0 Å². The fraction of sp³-hybridized carbons (Fsp3) is 0.300. The quantitative estimate of drug-likeness (QED) is 0.533. The average molecular weight is 195 g/mol. The summed E-state index contributed by atoms with van der Waals surface area (Å²) in [6.45, 7) is 2.37. The summed E-state index contributed by atoms with van der Waals surface area (Å²) in [5.74, 6) is -0.165. The van der Waals surface area contributed by atoms with Gasteiger partial charge in [0.15, 0.2) is 0 Å². The molecule has 0 atom stereocenters. The predicted molar refractivity (Wildman–Crippen MR) is 54.7 cm³/mol. The minimum Gasteiger partial charge on any atom is -0.232 e. The Morgan fingerprint density at radius 3 is 2.92 bits per heavy atom. The van der Waals surface area contributed by atoms with Gasteiger partial charge in [-0.3, -0.25) is 0 Å². The molecule has 68 valence electrons. The van der Waals surface area contributed by atoms with E-state index >= 15 is 0 Å². The number of halogens is 1. The Labute approximate surface area is 82.3 Å². The number of hydrogen-bond donors (Lipinski definition) is 0. The predicted octanol–water partition coefficient (Wildman–Crippen LogP) is 2.78. The molecule has 0 aromatic heterocycles. The highest BCUT2D eigenvalue weighted by Gasteiger charge is 1.97. The Morgan fingerprint density at radius 1 is 1.54 bits per heavy atom. The SMILES string of the molecule is Cc1cc(CCN=C=S)ccc1F. The molecule has 1 aromatic carbocycles. The van der Waals surface area contributed by atoms with Crippen LogP contribution in [0.4, 0.5) is 4.39 Å². The van der Waals surface area contributed by atoms with Crippen LogP contribution in [0.2, 0.25) is 0 Å². The highest BCUT2D eigenvalue weighted by Crippen LogP contribution is 2.09. The van der Waals surface area contributed by atoms with E-state index in [1.54, 1.807) is 13.0 Å². The van der Waals surface area contributed by atoms with Gasteiger partial charge in [0.25, 0.3) is 0 Å². The van der Waals surface area contributed by atoms with Crippen LogP contribution in [0.25, 0.3) is 0 Å². The number of aryl methyl sites for hydroxylation is 1. The zero-order valence-electron chi connectivity index (χ0n) is 7.38.